The average Bonchev–Trinajstić information content (AvgIpc) is 2.26. The van der Waals surface area contributed by atoms with Crippen LogP contribution >= 0.6 is 0 Å². The van der Waals surface area contributed by atoms with Crippen LogP contribution in [0.2, 0.25) is 0 Å². The summed E-state index contributed by atoms with van der Waals surface area (Å²) in [5, 5.41) is 2.85. The van der Waals surface area contributed by atoms with Gasteiger partial charge in [0.15, 0.2) is 0 Å². The van der Waals surface area contributed by atoms with Crippen molar-refractivity contribution in [1.29, 1.82) is 0 Å². The van der Waals surface area contributed by atoms with E-state index in [2.05, 4.69) is 5.32 Å². The van der Waals surface area contributed by atoms with Gasteiger partial charge in [-0.2, -0.15) is 0 Å². The highest BCUT2D eigenvalue weighted by Gasteiger charge is 2.50. The van der Waals surface area contributed by atoms with Gasteiger partial charge in [-0.25, -0.2) is 0 Å². The van der Waals surface area contributed by atoms with E-state index < -0.39 is 11.1 Å². The van der Waals surface area contributed by atoms with Gasteiger partial charge >= 0.3 is 0 Å². The van der Waals surface area contributed by atoms with E-state index in [0.717, 1.165) is 5.57 Å². The SMILES string of the molecule is CCC1(C)NC(=O)C(C)(C)N(CC=C(C)C)C1=O. The third-order valence-electron chi connectivity index (χ3n) is 3.73. The smallest absolute Gasteiger partial charge is 0.249 e. The molecule has 2 amide bonds. The monoisotopic (exact) mass is 252 g/mol. The van der Waals surface area contributed by atoms with Crippen molar-refractivity contribution in [3.63, 3.8) is 0 Å². The fraction of sp³-hybridized carbons (Fsp3) is 0.714. The van der Waals surface area contributed by atoms with Crippen molar-refractivity contribution in [2.24, 2.45) is 0 Å². The second kappa shape index (κ2) is 4.75. The molecule has 0 saturated carbocycles. The van der Waals surface area contributed by atoms with Crippen LogP contribution in [0.3, 0.4) is 0 Å². The lowest BCUT2D eigenvalue weighted by Gasteiger charge is -2.48. The summed E-state index contributed by atoms with van der Waals surface area (Å²) in [5.41, 5.74) is -0.428. The zero-order valence-electron chi connectivity index (χ0n) is 12.3. The molecule has 1 atom stereocenters. The molecule has 18 heavy (non-hydrogen) atoms. The minimum Gasteiger partial charge on any atom is -0.340 e. The van der Waals surface area contributed by atoms with E-state index in [-0.39, 0.29) is 11.8 Å². The molecule has 0 spiro atoms. The van der Waals surface area contributed by atoms with Crippen LogP contribution in [0.1, 0.15) is 48.0 Å². The highest BCUT2D eigenvalue weighted by molar-refractivity contribution is 6.01. The molecule has 1 fully saturated rings. The number of hydrogen-bond donors (Lipinski definition) is 1. The van der Waals surface area contributed by atoms with Gasteiger partial charge in [-0.3, -0.25) is 9.59 Å². The Morgan fingerprint density at radius 1 is 1.28 bits per heavy atom. The topological polar surface area (TPSA) is 49.4 Å². The van der Waals surface area contributed by atoms with Crippen LogP contribution in [0.5, 0.6) is 0 Å². The van der Waals surface area contributed by atoms with Crippen molar-refractivity contribution in [2.45, 2.75) is 59.0 Å². The Morgan fingerprint density at radius 2 is 1.83 bits per heavy atom. The van der Waals surface area contributed by atoms with Gasteiger partial charge in [-0.1, -0.05) is 18.6 Å². The normalized spacial score (nSPS) is 26.9. The second-order valence-corrected chi connectivity index (χ2v) is 5.90. The zero-order valence-corrected chi connectivity index (χ0v) is 12.3. The third-order valence-corrected chi connectivity index (χ3v) is 3.73. The lowest BCUT2D eigenvalue weighted by atomic mass is 9.86. The molecule has 4 heteroatoms. The lowest BCUT2D eigenvalue weighted by molar-refractivity contribution is -0.159. The Morgan fingerprint density at radius 3 is 2.28 bits per heavy atom. The third kappa shape index (κ3) is 2.42. The van der Waals surface area contributed by atoms with Gasteiger partial charge < -0.3 is 10.2 Å². The quantitative estimate of drug-likeness (QED) is 0.779. The van der Waals surface area contributed by atoms with E-state index in [9.17, 15) is 9.59 Å². The molecular weight excluding hydrogens is 228 g/mol. The molecule has 0 aromatic carbocycles. The molecule has 0 aromatic rings. The molecule has 0 bridgehead atoms. The molecular formula is C14H24N2O2. The molecule has 0 radical (unpaired) electrons. The maximum absolute atomic E-state index is 12.5. The van der Waals surface area contributed by atoms with Gasteiger partial charge in [0.1, 0.15) is 11.1 Å². The van der Waals surface area contributed by atoms with Crippen LogP contribution in [0.15, 0.2) is 11.6 Å². The van der Waals surface area contributed by atoms with Crippen LogP contribution in [0, 0.1) is 0 Å². The van der Waals surface area contributed by atoms with E-state index in [1.807, 2.05) is 26.8 Å². The van der Waals surface area contributed by atoms with Gasteiger partial charge in [0, 0.05) is 6.54 Å². The first kappa shape index (κ1) is 14.7. The van der Waals surface area contributed by atoms with Crippen molar-refractivity contribution >= 4 is 11.8 Å². The van der Waals surface area contributed by atoms with Crippen molar-refractivity contribution in [2.75, 3.05) is 6.54 Å². The number of amides is 2. The number of nitrogens with one attached hydrogen (secondary N) is 1. The predicted molar refractivity (Wildman–Crippen MR) is 72.1 cm³/mol. The summed E-state index contributed by atoms with van der Waals surface area (Å²) < 4.78 is 0. The number of carbonyl (C=O) groups is 2. The molecule has 0 aliphatic carbocycles. The molecule has 1 aliphatic rings. The van der Waals surface area contributed by atoms with Crippen LogP contribution in [-0.4, -0.2) is 34.3 Å². The van der Waals surface area contributed by atoms with Gasteiger partial charge in [0.05, 0.1) is 0 Å². The number of allylic oxidation sites excluding steroid dienone is 1. The van der Waals surface area contributed by atoms with Crippen LogP contribution in [-0.2, 0) is 9.59 Å². The summed E-state index contributed by atoms with van der Waals surface area (Å²) in [5.74, 6) is -0.0966. The Hall–Kier alpha value is -1.32. The molecule has 1 N–H and O–H groups in total. The summed E-state index contributed by atoms with van der Waals surface area (Å²) in [6, 6.07) is 0. The molecule has 102 valence electrons. The van der Waals surface area contributed by atoms with E-state index in [4.69, 9.17) is 0 Å². The number of hydrogen-bond acceptors (Lipinski definition) is 2. The number of nitrogens with zero attached hydrogens (tertiary/aromatic N) is 1. The van der Waals surface area contributed by atoms with E-state index in [1.54, 1.807) is 25.7 Å². The highest BCUT2D eigenvalue weighted by atomic mass is 16.2. The molecule has 1 saturated heterocycles. The Kier molecular flexibility index (Phi) is 3.89. The van der Waals surface area contributed by atoms with Crippen molar-refractivity contribution < 1.29 is 9.59 Å². The van der Waals surface area contributed by atoms with Crippen molar-refractivity contribution in [3.05, 3.63) is 11.6 Å². The average molecular weight is 252 g/mol. The minimum atomic E-state index is -0.794. The first-order valence-corrected chi connectivity index (χ1v) is 6.43. The Labute approximate surface area is 109 Å². The molecule has 1 unspecified atom stereocenters. The van der Waals surface area contributed by atoms with Gasteiger partial charge in [0.2, 0.25) is 11.8 Å². The van der Waals surface area contributed by atoms with Crippen molar-refractivity contribution in [3.8, 4) is 0 Å². The first-order valence-electron chi connectivity index (χ1n) is 6.43. The lowest BCUT2D eigenvalue weighted by Crippen LogP contribution is -2.73. The van der Waals surface area contributed by atoms with E-state index >= 15 is 0 Å². The Balaban J connectivity index is 3.11. The van der Waals surface area contributed by atoms with E-state index in [0.29, 0.717) is 13.0 Å². The first-order chi connectivity index (χ1) is 8.15. The van der Waals surface area contributed by atoms with Crippen LogP contribution < -0.4 is 5.32 Å². The van der Waals surface area contributed by atoms with Gasteiger partial charge in [0.25, 0.3) is 0 Å². The van der Waals surface area contributed by atoms with Gasteiger partial charge in [-0.05, 0) is 41.0 Å². The molecule has 1 rings (SSSR count). The number of piperazine rings is 1. The van der Waals surface area contributed by atoms with Crippen LogP contribution in [0.4, 0.5) is 0 Å². The predicted octanol–water partition coefficient (Wildman–Crippen LogP) is 1.86. The van der Waals surface area contributed by atoms with Gasteiger partial charge in [-0.15, -0.1) is 0 Å². The largest absolute Gasteiger partial charge is 0.340 e. The fourth-order valence-corrected chi connectivity index (χ4v) is 1.96. The molecule has 1 heterocycles. The van der Waals surface area contributed by atoms with Crippen molar-refractivity contribution in [1.82, 2.24) is 10.2 Å². The fourth-order valence-electron chi connectivity index (χ4n) is 1.96. The number of carbonyl (C=O) groups excluding carboxylic acids is 2. The van der Waals surface area contributed by atoms with E-state index in [1.165, 1.54) is 0 Å². The standard InChI is InChI=1S/C14H24N2O2/c1-7-14(6)12(18)16(9-8-10(2)3)13(4,5)11(17)15-14/h8H,7,9H2,1-6H3,(H,15,17). The maximum Gasteiger partial charge on any atom is 0.249 e. The summed E-state index contributed by atoms with van der Waals surface area (Å²) in [7, 11) is 0. The molecule has 4 nitrogen and oxygen atoms in total. The second-order valence-electron chi connectivity index (χ2n) is 5.90. The Bertz CT molecular complexity index is 395. The molecule has 0 aromatic heterocycles. The summed E-state index contributed by atoms with van der Waals surface area (Å²) in [6.07, 6.45) is 2.58. The molecule has 1 aliphatic heterocycles. The summed E-state index contributed by atoms with van der Waals surface area (Å²) in [6.45, 7) is 11.7. The van der Waals surface area contributed by atoms with Crippen LogP contribution in [0.25, 0.3) is 0 Å². The zero-order chi connectivity index (χ0) is 14.1. The summed E-state index contributed by atoms with van der Waals surface area (Å²) >= 11 is 0. The number of rotatable bonds is 3. The highest BCUT2D eigenvalue weighted by Crippen LogP contribution is 2.27. The maximum atomic E-state index is 12.5. The summed E-state index contributed by atoms with van der Waals surface area (Å²) in [4.78, 5) is 26.4. The minimum absolute atomic E-state index is 0.00731.